The van der Waals surface area contributed by atoms with Crippen molar-refractivity contribution >= 4 is 15.9 Å². The van der Waals surface area contributed by atoms with E-state index in [9.17, 15) is 4.39 Å². The number of halogens is 2. The molecule has 2 aromatic carbocycles. The van der Waals surface area contributed by atoms with Gasteiger partial charge >= 0.3 is 0 Å². The molecule has 2 aromatic rings. The predicted molar refractivity (Wildman–Crippen MR) is 83.3 cm³/mol. The van der Waals surface area contributed by atoms with Gasteiger partial charge in [0.2, 0.25) is 5.75 Å². The van der Waals surface area contributed by atoms with Gasteiger partial charge in [-0.1, -0.05) is 34.1 Å². The minimum atomic E-state index is -0.353. The Kier molecular flexibility index (Phi) is 5.07. The highest BCUT2D eigenvalue weighted by atomic mass is 79.9. The van der Waals surface area contributed by atoms with Gasteiger partial charge in [0.05, 0.1) is 26.2 Å². The molecule has 0 saturated carbocycles. The quantitative estimate of drug-likeness (QED) is 0.747. The number of methoxy groups -OCH3 is 3. The van der Waals surface area contributed by atoms with Crippen LogP contribution in [0, 0.1) is 5.82 Å². The van der Waals surface area contributed by atoms with E-state index in [1.165, 1.54) is 13.2 Å². The second kappa shape index (κ2) is 6.80. The Morgan fingerprint density at radius 1 is 0.857 bits per heavy atom. The fraction of sp³-hybridized carbons (Fsp3) is 0.250. The van der Waals surface area contributed by atoms with E-state index in [1.54, 1.807) is 38.5 Å². The number of hydrogen-bond donors (Lipinski definition) is 0. The Morgan fingerprint density at radius 3 is 2.10 bits per heavy atom. The number of rotatable bonds is 5. The summed E-state index contributed by atoms with van der Waals surface area (Å²) in [4.78, 5) is -0.353. The molecule has 0 fully saturated rings. The van der Waals surface area contributed by atoms with Gasteiger partial charge in [0.15, 0.2) is 11.5 Å². The average Bonchev–Trinajstić information content (AvgIpc) is 2.52. The van der Waals surface area contributed by atoms with Crippen molar-refractivity contribution in [2.24, 2.45) is 0 Å². The van der Waals surface area contributed by atoms with Crippen LogP contribution >= 0.6 is 15.9 Å². The summed E-state index contributed by atoms with van der Waals surface area (Å²) in [5.74, 6) is 1.28. The maximum Gasteiger partial charge on any atom is 0.203 e. The molecule has 5 heteroatoms. The van der Waals surface area contributed by atoms with Crippen molar-refractivity contribution in [2.45, 2.75) is 4.83 Å². The summed E-state index contributed by atoms with van der Waals surface area (Å²) in [6.45, 7) is 0. The van der Waals surface area contributed by atoms with Gasteiger partial charge in [-0.05, 0) is 18.2 Å². The highest BCUT2D eigenvalue weighted by Gasteiger charge is 2.23. The summed E-state index contributed by atoms with van der Waals surface area (Å²) in [6.07, 6.45) is 0. The molecule has 3 nitrogen and oxygen atoms in total. The van der Waals surface area contributed by atoms with Crippen molar-refractivity contribution in [2.75, 3.05) is 21.3 Å². The highest BCUT2D eigenvalue weighted by Crippen LogP contribution is 2.46. The Labute approximate surface area is 131 Å². The molecule has 1 atom stereocenters. The molecule has 0 saturated heterocycles. The van der Waals surface area contributed by atoms with Crippen molar-refractivity contribution in [3.8, 4) is 17.2 Å². The van der Waals surface area contributed by atoms with E-state index in [0.29, 0.717) is 22.8 Å². The molecule has 2 rings (SSSR count). The van der Waals surface area contributed by atoms with Gasteiger partial charge in [-0.2, -0.15) is 0 Å². The summed E-state index contributed by atoms with van der Waals surface area (Å²) in [5, 5.41) is 0. The second-order valence-electron chi connectivity index (χ2n) is 4.31. The Morgan fingerprint density at radius 2 is 1.52 bits per heavy atom. The first kappa shape index (κ1) is 15.6. The van der Waals surface area contributed by atoms with E-state index in [4.69, 9.17) is 14.2 Å². The van der Waals surface area contributed by atoms with Gasteiger partial charge in [-0.15, -0.1) is 0 Å². The fourth-order valence-corrected chi connectivity index (χ4v) is 2.90. The summed E-state index contributed by atoms with van der Waals surface area (Å²) in [7, 11) is 4.64. The first-order valence-electron chi connectivity index (χ1n) is 6.31. The standard InChI is InChI=1S/C16H16BrFO3/c1-19-13-9-8-11(15(20-2)16(13)21-3)14(17)10-6-4-5-7-12(10)18/h4-9,14H,1-3H3. The van der Waals surface area contributed by atoms with E-state index in [-0.39, 0.29) is 10.6 Å². The van der Waals surface area contributed by atoms with Gasteiger partial charge in [-0.3, -0.25) is 0 Å². The summed E-state index contributed by atoms with van der Waals surface area (Å²) >= 11 is 3.53. The van der Waals surface area contributed by atoms with Crippen LogP contribution in [0.25, 0.3) is 0 Å². The number of benzene rings is 2. The van der Waals surface area contributed by atoms with Crippen molar-refractivity contribution in [1.82, 2.24) is 0 Å². The van der Waals surface area contributed by atoms with Gasteiger partial charge in [0, 0.05) is 11.1 Å². The zero-order valence-electron chi connectivity index (χ0n) is 12.0. The maximum absolute atomic E-state index is 14.0. The van der Waals surface area contributed by atoms with Gasteiger partial charge in [-0.25, -0.2) is 4.39 Å². The summed E-state index contributed by atoms with van der Waals surface area (Å²) < 4.78 is 30.0. The predicted octanol–water partition coefficient (Wildman–Crippen LogP) is 4.34. The number of hydrogen-bond acceptors (Lipinski definition) is 3. The molecule has 21 heavy (non-hydrogen) atoms. The SMILES string of the molecule is COc1ccc(C(Br)c2ccccc2F)c(OC)c1OC. The molecule has 0 N–H and O–H groups in total. The molecule has 0 aliphatic carbocycles. The molecule has 0 radical (unpaired) electrons. The Balaban J connectivity index is 2.56. The van der Waals surface area contributed by atoms with Crippen LogP contribution in [-0.2, 0) is 0 Å². The van der Waals surface area contributed by atoms with Crippen LogP contribution in [0.3, 0.4) is 0 Å². The van der Waals surface area contributed by atoms with Crippen LogP contribution in [0.5, 0.6) is 17.2 Å². The minimum absolute atomic E-state index is 0.281. The van der Waals surface area contributed by atoms with E-state index in [2.05, 4.69) is 15.9 Å². The lowest BCUT2D eigenvalue weighted by molar-refractivity contribution is 0.322. The molecule has 0 aliphatic rings. The lowest BCUT2D eigenvalue weighted by Crippen LogP contribution is -2.02. The van der Waals surface area contributed by atoms with Crippen molar-refractivity contribution in [3.63, 3.8) is 0 Å². The van der Waals surface area contributed by atoms with E-state index < -0.39 is 0 Å². The molecule has 0 heterocycles. The molecule has 0 aromatic heterocycles. The Bertz CT molecular complexity index is 631. The van der Waals surface area contributed by atoms with Crippen molar-refractivity contribution in [3.05, 3.63) is 53.3 Å². The number of ether oxygens (including phenoxy) is 3. The van der Waals surface area contributed by atoms with Gasteiger partial charge < -0.3 is 14.2 Å². The van der Waals surface area contributed by atoms with Crippen molar-refractivity contribution in [1.29, 1.82) is 0 Å². The van der Waals surface area contributed by atoms with E-state index in [0.717, 1.165) is 5.56 Å². The average molecular weight is 355 g/mol. The Hall–Kier alpha value is -1.75. The first-order valence-corrected chi connectivity index (χ1v) is 7.23. The van der Waals surface area contributed by atoms with Crippen LogP contribution < -0.4 is 14.2 Å². The maximum atomic E-state index is 14.0. The third-order valence-corrected chi connectivity index (χ3v) is 4.17. The van der Waals surface area contributed by atoms with Crippen molar-refractivity contribution < 1.29 is 18.6 Å². The van der Waals surface area contributed by atoms with E-state index >= 15 is 0 Å². The van der Waals surface area contributed by atoms with Gasteiger partial charge in [0.25, 0.3) is 0 Å². The molecule has 0 spiro atoms. The van der Waals surface area contributed by atoms with Crippen LogP contribution in [0.4, 0.5) is 4.39 Å². The molecule has 1 unspecified atom stereocenters. The second-order valence-corrected chi connectivity index (χ2v) is 5.22. The molecule has 0 amide bonds. The normalized spacial score (nSPS) is 11.9. The lowest BCUT2D eigenvalue weighted by Gasteiger charge is -2.19. The number of alkyl halides is 1. The third-order valence-electron chi connectivity index (χ3n) is 3.19. The lowest BCUT2D eigenvalue weighted by atomic mass is 10.0. The zero-order chi connectivity index (χ0) is 15.4. The van der Waals surface area contributed by atoms with Crippen LogP contribution in [-0.4, -0.2) is 21.3 Å². The largest absolute Gasteiger partial charge is 0.493 e. The highest BCUT2D eigenvalue weighted by molar-refractivity contribution is 9.09. The van der Waals surface area contributed by atoms with Crippen LogP contribution in [0.2, 0.25) is 0 Å². The topological polar surface area (TPSA) is 27.7 Å². The molecule has 112 valence electrons. The molecular weight excluding hydrogens is 339 g/mol. The smallest absolute Gasteiger partial charge is 0.203 e. The summed E-state index contributed by atoms with van der Waals surface area (Å²) in [5.41, 5.74) is 1.29. The monoisotopic (exact) mass is 354 g/mol. The van der Waals surface area contributed by atoms with Crippen LogP contribution in [0.15, 0.2) is 36.4 Å². The van der Waals surface area contributed by atoms with E-state index in [1.807, 2.05) is 6.07 Å². The molecule has 0 bridgehead atoms. The minimum Gasteiger partial charge on any atom is -0.493 e. The van der Waals surface area contributed by atoms with Gasteiger partial charge in [0.1, 0.15) is 5.82 Å². The molecular formula is C16H16BrFO3. The third kappa shape index (κ3) is 2.97. The first-order chi connectivity index (χ1) is 10.1. The zero-order valence-corrected chi connectivity index (χ0v) is 13.6. The van der Waals surface area contributed by atoms with Crippen LogP contribution in [0.1, 0.15) is 16.0 Å². The summed E-state index contributed by atoms with van der Waals surface area (Å²) in [6, 6.07) is 10.2. The molecule has 0 aliphatic heterocycles. The fourth-order valence-electron chi connectivity index (χ4n) is 2.17.